The van der Waals surface area contributed by atoms with E-state index in [0.717, 1.165) is 6.42 Å². The van der Waals surface area contributed by atoms with Crippen molar-refractivity contribution in [2.45, 2.75) is 22.1 Å². The zero-order valence-electron chi connectivity index (χ0n) is 5.18. The molecule has 2 aliphatic rings. The third kappa shape index (κ3) is 0.780. The molecule has 1 heterocycles. The Hall–Kier alpha value is 0.430. The van der Waals surface area contributed by atoms with Crippen LogP contribution >= 0.6 is 31.9 Å². The summed E-state index contributed by atoms with van der Waals surface area (Å²) in [5.41, 5.74) is 0. The van der Waals surface area contributed by atoms with Crippen LogP contribution in [-0.4, -0.2) is 21.6 Å². The Bertz CT molecular complexity index is 185. The molecule has 2 nitrogen and oxygen atoms in total. The van der Waals surface area contributed by atoms with Crippen LogP contribution in [0.3, 0.4) is 0 Å². The number of halogens is 2. The van der Waals surface area contributed by atoms with Crippen LogP contribution in [0.4, 0.5) is 0 Å². The predicted octanol–water partition coefficient (Wildman–Crippen LogP) is 1.03. The molecule has 10 heavy (non-hydrogen) atoms. The summed E-state index contributed by atoms with van der Waals surface area (Å²) in [6.07, 6.45) is 0.979. The molecule has 1 amide bonds. The van der Waals surface area contributed by atoms with E-state index < -0.39 is 0 Å². The number of fused-ring (bicyclic) bond motifs is 2. The molecule has 2 bridgehead atoms. The molecule has 0 spiro atoms. The van der Waals surface area contributed by atoms with Gasteiger partial charge in [-0.2, -0.15) is 0 Å². The average Bonchev–Trinajstić information content (AvgIpc) is 2.26. The topological polar surface area (TPSA) is 29.1 Å². The lowest BCUT2D eigenvalue weighted by Gasteiger charge is -2.15. The molecule has 1 aliphatic carbocycles. The van der Waals surface area contributed by atoms with Crippen LogP contribution in [0.2, 0.25) is 0 Å². The summed E-state index contributed by atoms with van der Waals surface area (Å²) in [7, 11) is 0. The van der Waals surface area contributed by atoms with Crippen molar-refractivity contribution in [3.05, 3.63) is 0 Å². The van der Waals surface area contributed by atoms with Crippen molar-refractivity contribution in [1.29, 1.82) is 0 Å². The number of alkyl halides is 2. The first kappa shape index (κ1) is 7.10. The normalized spacial score (nSPS) is 51.6. The number of carbonyl (C=O) groups is 1. The van der Waals surface area contributed by atoms with Crippen molar-refractivity contribution in [1.82, 2.24) is 5.32 Å². The van der Waals surface area contributed by atoms with Gasteiger partial charge in [-0.25, -0.2) is 0 Å². The Kier molecular flexibility index (Phi) is 1.57. The molecule has 2 fully saturated rings. The number of nitrogens with one attached hydrogen (secondary N) is 1. The smallest absolute Gasteiger partial charge is 0.224 e. The van der Waals surface area contributed by atoms with Crippen LogP contribution in [0.25, 0.3) is 0 Å². The molecule has 4 heteroatoms. The number of hydrogen-bond donors (Lipinski definition) is 1. The molecule has 0 aromatic rings. The molecule has 56 valence electrons. The van der Waals surface area contributed by atoms with Crippen LogP contribution in [-0.2, 0) is 4.79 Å². The van der Waals surface area contributed by atoms with E-state index in [9.17, 15) is 4.79 Å². The van der Waals surface area contributed by atoms with Crippen LogP contribution in [0.5, 0.6) is 0 Å². The highest BCUT2D eigenvalue weighted by atomic mass is 79.9. The van der Waals surface area contributed by atoms with Gasteiger partial charge in [0.25, 0.3) is 0 Å². The number of hydrogen-bond acceptors (Lipinski definition) is 1. The van der Waals surface area contributed by atoms with Gasteiger partial charge in [0.05, 0.1) is 12.0 Å². The Morgan fingerprint density at radius 1 is 1.50 bits per heavy atom. The Balaban J connectivity index is 2.25. The average molecular weight is 269 g/mol. The van der Waals surface area contributed by atoms with Crippen molar-refractivity contribution in [3.63, 3.8) is 0 Å². The summed E-state index contributed by atoms with van der Waals surface area (Å²) in [5, 5.41) is 2.92. The van der Waals surface area contributed by atoms with E-state index in [1.165, 1.54) is 0 Å². The van der Waals surface area contributed by atoms with Gasteiger partial charge in [0.1, 0.15) is 0 Å². The predicted molar refractivity (Wildman–Crippen MR) is 45.5 cm³/mol. The molecule has 1 saturated carbocycles. The van der Waals surface area contributed by atoms with Gasteiger partial charge in [-0.05, 0) is 6.42 Å². The minimum Gasteiger partial charge on any atom is -0.351 e. The second kappa shape index (κ2) is 2.21. The molecule has 2 rings (SSSR count). The van der Waals surface area contributed by atoms with Crippen molar-refractivity contribution in [2.75, 3.05) is 0 Å². The highest BCUT2D eigenvalue weighted by molar-refractivity contribution is 9.10. The van der Waals surface area contributed by atoms with Gasteiger partial charge >= 0.3 is 0 Å². The monoisotopic (exact) mass is 267 g/mol. The summed E-state index contributed by atoms with van der Waals surface area (Å²) < 4.78 is 0. The SMILES string of the molecule is O=C1N[C@H]2C(Br)C[C@@H]1C2Br. The first-order valence-corrected chi connectivity index (χ1v) is 5.12. The van der Waals surface area contributed by atoms with Gasteiger partial charge < -0.3 is 5.32 Å². The van der Waals surface area contributed by atoms with Crippen molar-refractivity contribution in [2.24, 2.45) is 5.92 Å². The van der Waals surface area contributed by atoms with Crippen molar-refractivity contribution >= 4 is 37.8 Å². The Morgan fingerprint density at radius 3 is 2.50 bits per heavy atom. The maximum absolute atomic E-state index is 11.0. The molecular weight excluding hydrogens is 262 g/mol. The molecule has 2 unspecified atom stereocenters. The second-order valence-corrected chi connectivity index (χ2v) is 5.07. The molecule has 1 saturated heterocycles. The minimum absolute atomic E-state index is 0.203. The van der Waals surface area contributed by atoms with E-state index in [1.807, 2.05) is 0 Å². The van der Waals surface area contributed by atoms with Crippen molar-refractivity contribution in [3.8, 4) is 0 Å². The fourth-order valence-electron chi connectivity index (χ4n) is 1.66. The summed E-state index contributed by atoms with van der Waals surface area (Å²) >= 11 is 7.02. The number of rotatable bonds is 0. The lowest BCUT2D eigenvalue weighted by molar-refractivity contribution is -0.123. The van der Waals surface area contributed by atoms with E-state index in [-0.39, 0.29) is 11.8 Å². The molecular formula is C6H7Br2NO. The molecule has 0 aromatic heterocycles. The number of piperidine rings is 1. The maximum Gasteiger partial charge on any atom is 0.224 e. The first-order chi connectivity index (χ1) is 4.70. The van der Waals surface area contributed by atoms with Gasteiger partial charge in [0.15, 0.2) is 0 Å². The molecule has 0 aromatic carbocycles. The fourth-order valence-corrected chi connectivity index (χ4v) is 3.89. The van der Waals surface area contributed by atoms with Crippen LogP contribution in [0.15, 0.2) is 0 Å². The van der Waals surface area contributed by atoms with Gasteiger partial charge in [-0.15, -0.1) is 0 Å². The van der Waals surface area contributed by atoms with E-state index in [1.54, 1.807) is 0 Å². The lowest BCUT2D eigenvalue weighted by atomic mass is 10.1. The molecule has 1 aliphatic heterocycles. The first-order valence-electron chi connectivity index (χ1n) is 3.28. The van der Waals surface area contributed by atoms with E-state index in [2.05, 4.69) is 37.2 Å². The van der Waals surface area contributed by atoms with E-state index in [4.69, 9.17) is 0 Å². The van der Waals surface area contributed by atoms with Crippen LogP contribution in [0, 0.1) is 5.92 Å². The van der Waals surface area contributed by atoms with Crippen molar-refractivity contribution < 1.29 is 4.79 Å². The highest BCUT2D eigenvalue weighted by Gasteiger charge is 2.50. The Labute approximate surface area is 76.0 Å². The third-order valence-electron chi connectivity index (χ3n) is 2.24. The van der Waals surface area contributed by atoms with E-state index in [0.29, 0.717) is 15.7 Å². The number of carbonyl (C=O) groups excluding carboxylic acids is 1. The summed E-state index contributed by atoms with van der Waals surface area (Å²) in [4.78, 5) is 11.9. The van der Waals surface area contributed by atoms with Gasteiger partial charge in [-0.1, -0.05) is 31.9 Å². The quantitative estimate of drug-likeness (QED) is 0.654. The zero-order chi connectivity index (χ0) is 7.30. The van der Waals surface area contributed by atoms with Crippen LogP contribution in [0.1, 0.15) is 6.42 Å². The van der Waals surface area contributed by atoms with Crippen LogP contribution < -0.4 is 5.32 Å². The third-order valence-corrected chi connectivity index (χ3v) is 4.39. The number of amides is 1. The molecule has 1 N–H and O–H groups in total. The van der Waals surface area contributed by atoms with Gasteiger partial charge in [0, 0.05) is 9.65 Å². The van der Waals surface area contributed by atoms with E-state index >= 15 is 0 Å². The summed E-state index contributed by atoms with van der Waals surface area (Å²) in [5.74, 6) is 0.414. The lowest BCUT2D eigenvalue weighted by Crippen LogP contribution is -2.38. The highest BCUT2D eigenvalue weighted by Crippen LogP contribution is 2.40. The summed E-state index contributed by atoms with van der Waals surface area (Å²) in [6, 6.07) is 0.317. The minimum atomic E-state index is 0.203. The van der Waals surface area contributed by atoms with Gasteiger partial charge in [-0.3, -0.25) is 4.79 Å². The van der Waals surface area contributed by atoms with Gasteiger partial charge in [0.2, 0.25) is 5.91 Å². The fraction of sp³-hybridized carbons (Fsp3) is 0.833. The maximum atomic E-state index is 11.0. The zero-order valence-corrected chi connectivity index (χ0v) is 8.35. The standard InChI is InChI=1S/C6H7Br2NO/c7-3-1-2-4(8)5(3)9-6(2)10/h2-5H,1H2,(H,9,10)/t2-,3?,4?,5+/m1/s1. The Morgan fingerprint density at radius 2 is 2.20 bits per heavy atom. The second-order valence-electron chi connectivity index (χ2n) is 2.84. The molecule has 0 radical (unpaired) electrons. The summed E-state index contributed by atoms with van der Waals surface area (Å²) in [6.45, 7) is 0. The largest absolute Gasteiger partial charge is 0.351 e. The molecule has 4 atom stereocenters.